The van der Waals surface area contributed by atoms with Gasteiger partial charge in [0, 0.05) is 30.0 Å². The van der Waals surface area contributed by atoms with Crippen molar-refractivity contribution in [1.82, 2.24) is 10.1 Å². The molecule has 0 bridgehead atoms. The summed E-state index contributed by atoms with van der Waals surface area (Å²) in [5.41, 5.74) is 2.19. The van der Waals surface area contributed by atoms with Gasteiger partial charge in [0.25, 0.3) is 0 Å². The number of carbonyl (C=O) groups is 1. The SMILES string of the molecule is C[C@H]1Cc2ccccc2N1C(=O)CCCc1nc(C(C)(C)C)no1. The molecule has 1 atom stereocenters. The van der Waals surface area contributed by atoms with Crippen molar-refractivity contribution in [3.63, 3.8) is 0 Å². The lowest BCUT2D eigenvalue weighted by Crippen LogP contribution is -2.35. The van der Waals surface area contributed by atoms with Crippen LogP contribution >= 0.6 is 0 Å². The predicted octanol–water partition coefficient (Wildman–Crippen LogP) is 3.67. The lowest BCUT2D eigenvalue weighted by atomic mass is 9.96. The maximum absolute atomic E-state index is 12.6. The van der Waals surface area contributed by atoms with Crippen LogP contribution in [0.5, 0.6) is 0 Å². The first-order valence-electron chi connectivity index (χ1n) is 8.59. The molecule has 0 N–H and O–H groups in total. The lowest BCUT2D eigenvalue weighted by Gasteiger charge is -2.22. The van der Waals surface area contributed by atoms with Crippen molar-refractivity contribution in [2.24, 2.45) is 0 Å². The van der Waals surface area contributed by atoms with Gasteiger partial charge >= 0.3 is 0 Å². The fourth-order valence-electron chi connectivity index (χ4n) is 3.12. The number of hydrogen-bond acceptors (Lipinski definition) is 4. The number of carbonyl (C=O) groups excluding carboxylic acids is 1. The first kappa shape index (κ1) is 16.7. The van der Waals surface area contributed by atoms with Crippen molar-refractivity contribution >= 4 is 11.6 Å². The minimum absolute atomic E-state index is 0.119. The van der Waals surface area contributed by atoms with Gasteiger partial charge in [0.1, 0.15) is 0 Å². The van der Waals surface area contributed by atoms with Crippen LogP contribution < -0.4 is 4.90 Å². The molecule has 0 saturated carbocycles. The molecule has 1 aromatic heterocycles. The van der Waals surface area contributed by atoms with Gasteiger partial charge in [-0.1, -0.05) is 44.1 Å². The fourth-order valence-corrected chi connectivity index (χ4v) is 3.12. The van der Waals surface area contributed by atoms with Crippen molar-refractivity contribution in [3.8, 4) is 0 Å². The van der Waals surface area contributed by atoms with Gasteiger partial charge in [0.05, 0.1) is 0 Å². The van der Waals surface area contributed by atoms with Gasteiger partial charge in [-0.25, -0.2) is 0 Å². The molecule has 0 fully saturated rings. The van der Waals surface area contributed by atoms with Crippen molar-refractivity contribution in [2.45, 2.75) is 64.8 Å². The summed E-state index contributed by atoms with van der Waals surface area (Å²) in [5.74, 6) is 1.50. The molecule has 1 aromatic carbocycles. The monoisotopic (exact) mass is 327 g/mol. The quantitative estimate of drug-likeness (QED) is 0.860. The van der Waals surface area contributed by atoms with E-state index in [9.17, 15) is 4.79 Å². The highest BCUT2D eigenvalue weighted by molar-refractivity contribution is 5.96. The molecule has 5 heteroatoms. The topological polar surface area (TPSA) is 59.2 Å². The highest BCUT2D eigenvalue weighted by atomic mass is 16.5. The van der Waals surface area contributed by atoms with Gasteiger partial charge in [-0.15, -0.1) is 0 Å². The Morgan fingerprint density at radius 1 is 1.33 bits per heavy atom. The van der Waals surface area contributed by atoms with Gasteiger partial charge in [0.2, 0.25) is 11.8 Å². The number of amides is 1. The van der Waals surface area contributed by atoms with E-state index in [-0.39, 0.29) is 17.4 Å². The van der Waals surface area contributed by atoms with Crippen LogP contribution in [0, 0.1) is 0 Å². The summed E-state index contributed by atoms with van der Waals surface area (Å²) in [6.07, 6.45) is 2.78. The predicted molar refractivity (Wildman–Crippen MR) is 93.0 cm³/mol. The second-order valence-corrected chi connectivity index (χ2v) is 7.56. The first-order valence-corrected chi connectivity index (χ1v) is 8.59. The smallest absolute Gasteiger partial charge is 0.227 e. The Morgan fingerprint density at radius 3 is 2.79 bits per heavy atom. The van der Waals surface area contributed by atoms with Crippen molar-refractivity contribution in [3.05, 3.63) is 41.5 Å². The number of rotatable bonds is 4. The Kier molecular flexibility index (Phi) is 4.43. The molecule has 0 saturated heterocycles. The highest BCUT2D eigenvalue weighted by Gasteiger charge is 2.30. The second-order valence-electron chi connectivity index (χ2n) is 7.56. The zero-order chi connectivity index (χ0) is 17.3. The Hall–Kier alpha value is -2.17. The Bertz CT molecular complexity index is 730. The van der Waals surface area contributed by atoms with Crippen LogP contribution in [0.3, 0.4) is 0 Å². The Labute approximate surface area is 143 Å². The summed E-state index contributed by atoms with van der Waals surface area (Å²) in [6.45, 7) is 8.26. The summed E-state index contributed by atoms with van der Waals surface area (Å²) >= 11 is 0. The van der Waals surface area contributed by atoms with Crippen LogP contribution in [0.2, 0.25) is 0 Å². The number of fused-ring (bicyclic) bond motifs is 1. The summed E-state index contributed by atoms with van der Waals surface area (Å²) in [7, 11) is 0. The van der Waals surface area contributed by atoms with Crippen LogP contribution in [0.4, 0.5) is 5.69 Å². The average Bonchev–Trinajstić information content (AvgIpc) is 3.10. The Morgan fingerprint density at radius 2 is 2.08 bits per heavy atom. The Balaban J connectivity index is 1.58. The number of aromatic nitrogens is 2. The molecule has 1 aliphatic heterocycles. The minimum Gasteiger partial charge on any atom is -0.339 e. The van der Waals surface area contributed by atoms with Crippen LogP contribution in [0.15, 0.2) is 28.8 Å². The third-order valence-corrected chi connectivity index (χ3v) is 4.40. The lowest BCUT2D eigenvalue weighted by molar-refractivity contribution is -0.119. The average molecular weight is 327 g/mol. The van der Waals surface area contributed by atoms with E-state index in [1.165, 1.54) is 5.56 Å². The molecule has 0 spiro atoms. The molecular formula is C19H25N3O2. The first-order chi connectivity index (χ1) is 11.4. The number of hydrogen-bond donors (Lipinski definition) is 0. The molecular weight excluding hydrogens is 302 g/mol. The van der Waals surface area contributed by atoms with Crippen LogP contribution in [0.25, 0.3) is 0 Å². The van der Waals surface area contributed by atoms with E-state index in [0.717, 1.165) is 18.5 Å². The molecule has 24 heavy (non-hydrogen) atoms. The number of aryl methyl sites for hydroxylation is 1. The molecule has 0 radical (unpaired) electrons. The molecule has 0 aliphatic carbocycles. The van der Waals surface area contributed by atoms with E-state index in [2.05, 4.69) is 43.9 Å². The van der Waals surface area contributed by atoms with E-state index in [1.807, 2.05) is 23.1 Å². The van der Waals surface area contributed by atoms with Gasteiger partial charge < -0.3 is 9.42 Å². The van der Waals surface area contributed by atoms with E-state index in [1.54, 1.807) is 0 Å². The van der Waals surface area contributed by atoms with E-state index in [0.29, 0.717) is 24.6 Å². The third kappa shape index (κ3) is 3.35. The van der Waals surface area contributed by atoms with E-state index in [4.69, 9.17) is 4.52 Å². The largest absolute Gasteiger partial charge is 0.339 e. The molecule has 3 rings (SSSR count). The summed E-state index contributed by atoms with van der Waals surface area (Å²) in [4.78, 5) is 19.0. The van der Waals surface area contributed by atoms with Gasteiger partial charge in [0.15, 0.2) is 5.82 Å². The summed E-state index contributed by atoms with van der Waals surface area (Å²) < 4.78 is 5.29. The zero-order valence-electron chi connectivity index (χ0n) is 14.9. The number of para-hydroxylation sites is 1. The van der Waals surface area contributed by atoms with E-state index >= 15 is 0 Å². The normalized spacial score (nSPS) is 17.2. The van der Waals surface area contributed by atoms with Crippen molar-refractivity contribution in [1.29, 1.82) is 0 Å². The zero-order valence-corrected chi connectivity index (χ0v) is 14.9. The van der Waals surface area contributed by atoms with Crippen LogP contribution in [-0.4, -0.2) is 22.1 Å². The van der Waals surface area contributed by atoms with Crippen molar-refractivity contribution in [2.75, 3.05) is 4.90 Å². The molecule has 1 amide bonds. The molecule has 1 aliphatic rings. The highest BCUT2D eigenvalue weighted by Crippen LogP contribution is 2.32. The molecule has 5 nitrogen and oxygen atoms in total. The van der Waals surface area contributed by atoms with Gasteiger partial charge in [-0.2, -0.15) is 4.98 Å². The van der Waals surface area contributed by atoms with Gasteiger partial charge in [-0.3, -0.25) is 4.79 Å². The summed E-state index contributed by atoms with van der Waals surface area (Å²) in [5, 5.41) is 4.02. The molecule has 2 aromatic rings. The standard InChI is InChI=1S/C19H25N3O2/c1-13-12-14-8-5-6-9-15(14)22(13)17(23)11-7-10-16-20-18(21-24-16)19(2,3)4/h5-6,8-9,13H,7,10-12H2,1-4H3/t13-/m0/s1. The second kappa shape index (κ2) is 6.38. The molecule has 0 unspecified atom stereocenters. The minimum atomic E-state index is -0.119. The molecule has 2 heterocycles. The maximum atomic E-state index is 12.6. The number of benzene rings is 1. The number of anilines is 1. The van der Waals surface area contributed by atoms with E-state index < -0.39 is 0 Å². The van der Waals surface area contributed by atoms with Crippen LogP contribution in [0.1, 0.15) is 57.8 Å². The summed E-state index contributed by atoms with van der Waals surface area (Å²) in [6, 6.07) is 8.38. The van der Waals surface area contributed by atoms with Gasteiger partial charge in [-0.05, 0) is 31.4 Å². The molecule has 128 valence electrons. The fraction of sp³-hybridized carbons (Fsp3) is 0.526. The third-order valence-electron chi connectivity index (χ3n) is 4.40. The maximum Gasteiger partial charge on any atom is 0.227 e. The van der Waals surface area contributed by atoms with Crippen LogP contribution in [-0.2, 0) is 23.1 Å². The number of nitrogens with zero attached hydrogens (tertiary/aromatic N) is 3. The van der Waals surface area contributed by atoms with Crippen molar-refractivity contribution < 1.29 is 9.32 Å².